The van der Waals surface area contributed by atoms with E-state index in [1.807, 2.05) is 30.7 Å². The van der Waals surface area contributed by atoms with Crippen molar-refractivity contribution in [3.63, 3.8) is 0 Å². The second-order valence-corrected chi connectivity index (χ2v) is 4.28. The van der Waals surface area contributed by atoms with Crippen molar-refractivity contribution in [2.45, 2.75) is 13.8 Å². The Morgan fingerprint density at radius 2 is 2.21 bits per heavy atom. The molecule has 0 atom stereocenters. The second kappa shape index (κ2) is 5.05. The fourth-order valence-electron chi connectivity index (χ4n) is 0.934. The molecule has 0 fully saturated rings. The maximum absolute atomic E-state index is 5.83. The summed E-state index contributed by atoms with van der Waals surface area (Å²) in [5.41, 5.74) is 2.94. The molecule has 2 heteroatoms. The molecule has 0 unspecified atom stereocenters. The van der Waals surface area contributed by atoms with Crippen LogP contribution in [0.25, 0.3) is 0 Å². The molecule has 72 valence electrons. The van der Waals surface area contributed by atoms with E-state index in [0.717, 1.165) is 16.7 Å². The highest BCUT2D eigenvalue weighted by atomic mass is 35.5. The first-order valence-electron chi connectivity index (χ1n) is 4.17. The highest BCUT2D eigenvalue weighted by Gasteiger charge is 1.97. The van der Waals surface area contributed by atoms with Crippen molar-refractivity contribution in [2.75, 3.05) is 0 Å². The zero-order chi connectivity index (χ0) is 10.6. The third kappa shape index (κ3) is 3.06. The predicted molar refractivity (Wildman–Crippen MR) is 64.6 cm³/mol. The largest absolute Gasteiger partial charge is 0.151 e. The van der Waals surface area contributed by atoms with Gasteiger partial charge >= 0.3 is 0 Å². The second-order valence-electron chi connectivity index (χ2n) is 3.04. The van der Waals surface area contributed by atoms with Crippen LogP contribution in [-0.4, -0.2) is 0 Å². The molecule has 0 radical (unpaired) electrons. The Morgan fingerprint density at radius 1 is 1.50 bits per heavy atom. The molecule has 1 rings (SSSR count). The van der Waals surface area contributed by atoms with Crippen molar-refractivity contribution < 1.29 is 0 Å². The van der Waals surface area contributed by atoms with Gasteiger partial charge in [0.2, 0.25) is 0 Å². The van der Waals surface area contributed by atoms with Crippen LogP contribution >= 0.6 is 22.9 Å². The zero-order valence-electron chi connectivity index (χ0n) is 8.23. The first-order valence-corrected chi connectivity index (χ1v) is 5.50. The maximum Gasteiger partial charge on any atom is 0.0490 e. The first-order chi connectivity index (χ1) is 6.61. The molecule has 0 aliphatic carbocycles. The van der Waals surface area contributed by atoms with Crippen molar-refractivity contribution in [3.05, 3.63) is 45.1 Å². The average Bonchev–Trinajstić information content (AvgIpc) is 2.55. The van der Waals surface area contributed by atoms with Crippen LogP contribution in [0.15, 0.2) is 39.6 Å². The van der Waals surface area contributed by atoms with Gasteiger partial charge < -0.3 is 0 Å². The Morgan fingerprint density at radius 3 is 2.64 bits per heavy atom. The Bertz CT molecular complexity index is 409. The van der Waals surface area contributed by atoms with E-state index in [1.165, 1.54) is 0 Å². The number of thiophene rings is 1. The summed E-state index contributed by atoms with van der Waals surface area (Å²) in [6.07, 6.45) is 0. The highest BCUT2D eigenvalue weighted by molar-refractivity contribution is 7.08. The molecular weight excluding hydrogens is 212 g/mol. The number of hydrogen-bond donors (Lipinski definition) is 0. The predicted octanol–water partition coefficient (Wildman–Crippen LogP) is 4.19. The van der Waals surface area contributed by atoms with Crippen LogP contribution in [0.3, 0.4) is 0 Å². The zero-order valence-corrected chi connectivity index (χ0v) is 9.80. The fraction of sp³-hybridized carbons (Fsp3) is 0.167. The van der Waals surface area contributed by atoms with Gasteiger partial charge in [-0.3, -0.25) is 0 Å². The van der Waals surface area contributed by atoms with Crippen LogP contribution in [0.2, 0.25) is 0 Å². The number of rotatable bonds is 1. The van der Waals surface area contributed by atoms with E-state index >= 15 is 0 Å². The Hall–Kier alpha value is -0.970. The molecule has 0 spiro atoms. The van der Waals surface area contributed by atoms with E-state index in [2.05, 4.69) is 18.4 Å². The third-order valence-electron chi connectivity index (χ3n) is 1.62. The van der Waals surface area contributed by atoms with Crippen LogP contribution in [0, 0.1) is 11.8 Å². The summed E-state index contributed by atoms with van der Waals surface area (Å²) >= 11 is 7.46. The summed E-state index contributed by atoms with van der Waals surface area (Å²) in [7, 11) is 0. The fourth-order valence-corrected chi connectivity index (χ4v) is 1.76. The van der Waals surface area contributed by atoms with Gasteiger partial charge in [0.1, 0.15) is 0 Å². The number of allylic oxidation sites excluding steroid dienone is 3. The molecular formula is C12H11ClS. The van der Waals surface area contributed by atoms with Crippen molar-refractivity contribution in [1.82, 2.24) is 0 Å². The van der Waals surface area contributed by atoms with E-state index in [-0.39, 0.29) is 0 Å². The number of halogens is 1. The van der Waals surface area contributed by atoms with Gasteiger partial charge in [0.25, 0.3) is 0 Å². The van der Waals surface area contributed by atoms with Crippen LogP contribution in [-0.2, 0) is 0 Å². The molecule has 0 bridgehead atoms. The van der Waals surface area contributed by atoms with Gasteiger partial charge in [-0.1, -0.05) is 35.6 Å². The van der Waals surface area contributed by atoms with Crippen molar-refractivity contribution in [1.29, 1.82) is 0 Å². The molecule has 1 heterocycles. The lowest BCUT2D eigenvalue weighted by atomic mass is 10.1. The standard InChI is InChI=1S/C12H11ClS/c1-9(2)12(10(3)13)5-4-11-6-7-14-8-11/h6-8H,3H2,1-2H3. The molecule has 0 N–H and O–H groups in total. The number of hydrogen-bond acceptors (Lipinski definition) is 1. The van der Waals surface area contributed by atoms with Gasteiger partial charge in [-0.15, -0.1) is 0 Å². The molecule has 1 aromatic rings. The maximum atomic E-state index is 5.83. The topological polar surface area (TPSA) is 0 Å². The molecule has 14 heavy (non-hydrogen) atoms. The Balaban J connectivity index is 2.96. The molecule has 0 aliphatic heterocycles. The minimum absolute atomic E-state index is 0.507. The Labute approximate surface area is 93.9 Å². The molecule has 0 aromatic carbocycles. The van der Waals surface area contributed by atoms with E-state index in [9.17, 15) is 0 Å². The van der Waals surface area contributed by atoms with Gasteiger partial charge in [-0.05, 0) is 25.3 Å². The summed E-state index contributed by atoms with van der Waals surface area (Å²) in [4.78, 5) is 0. The smallest absolute Gasteiger partial charge is 0.0490 e. The van der Waals surface area contributed by atoms with Crippen molar-refractivity contribution >= 4 is 22.9 Å². The van der Waals surface area contributed by atoms with E-state index in [4.69, 9.17) is 11.6 Å². The van der Waals surface area contributed by atoms with E-state index < -0.39 is 0 Å². The van der Waals surface area contributed by atoms with E-state index in [1.54, 1.807) is 11.3 Å². The SMILES string of the molecule is C=C(Cl)C(C#Cc1ccsc1)=C(C)C. The van der Waals surface area contributed by atoms with Crippen molar-refractivity contribution in [2.24, 2.45) is 0 Å². The molecule has 0 nitrogen and oxygen atoms in total. The van der Waals surface area contributed by atoms with E-state index in [0.29, 0.717) is 5.03 Å². The van der Waals surface area contributed by atoms with Gasteiger partial charge in [-0.2, -0.15) is 11.3 Å². The lowest BCUT2D eigenvalue weighted by Crippen LogP contribution is -1.81. The van der Waals surface area contributed by atoms with Gasteiger partial charge in [0, 0.05) is 21.5 Å². The summed E-state index contributed by atoms with van der Waals surface area (Å²) in [5, 5.41) is 4.52. The van der Waals surface area contributed by atoms with Crippen LogP contribution < -0.4 is 0 Å². The highest BCUT2D eigenvalue weighted by Crippen LogP contribution is 2.15. The van der Waals surface area contributed by atoms with Gasteiger partial charge in [-0.25, -0.2) is 0 Å². The normalized spacial score (nSPS) is 8.79. The van der Waals surface area contributed by atoms with Crippen LogP contribution in [0.4, 0.5) is 0 Å². The lowest BCUT2D eigenvalue weighted by molar-refractivity contribution is 1.35. The Kier molecular flexibility index (Phi) is 4.00. The minimum atomic E-state index is 0.507. The third-order valence-corrected chi connectivity index (χ3v) is 2.50. The minimum Gasteiger partial charge on any atom is -0.151 e. The monoisotopic (exact) mass is 222 g/mol. The van der Waals surface area contributed by atoms with Gasteiger partial charge in [0.05, 0.1) is 0 Å². The molecule has 0 saturated heterocycles. The lowest BCUT2D eigenvalue weighted by Gasteiger charge is -1.97. The quantitative estimate of drug-likeness (QED) is 0.494. The van der Waals surface area contributed by atoms with Crippen LogP contribution in [0.5, 0.6) is 0 Å². The van der Waals surface area contributed by atoms with Crippen molar-refractivity contribution in [3.8, 4) is 11.8 Å². The molecule has 0 amide bonds. The van der Waals surface area contributed by atoms with Gasteiger partial charge in [0.15, 0.2) is 0 Å². The van der Waals surface area contributed by atoms with Crippen LogP contribution in [0.1, 0.15) is 19.4 Å². The molecule has 0 saturated carbocycles. The molecule has 1 aromatic heterocycles. The summed E-state index contributed by atoms with van der Waals surface area (Å²) in [6.45, 7) is 7.64. The summed E-state index contributed by atoms with van der Waals surface area (Å²) in [5.74, 6) is 6.07. The summed E-state index contributed by atoms with van der Waals surface area (Å²) in [6, 6.07) is 1.98. The first kappa shape index (κ1) is 11.1. The average molecular weight is 223 g/mol. The molecule has 0 aliphatic rings. The summed E-state index contributed by atoms with van der Waals surface area (Å²) < 4.78 is 0.